The highest BCUT2D eigenvalue weighted by atomic mass is 16.6. The van der Waals surface area contributed by atoms with Crippen LogP contribution in [0.25, 0.3) is 6.08 Å². The van der Waals surface area contributed by atoms with Gasteiger partial charge < -0.3 is 10.1 Å². The fraction of sp³-hybridized carbons (Fsp3) is 0.444. The number of rotatable bonds is 3. The minimum Gasteiger partial charge on any atom is -0.460 e. The number of carbonyl (C=O) groups is 2. The van der Waals surface area contributed by atoms with Crippen LogP contribution in [0.5, 0.6) is 0 Å². The predicted octanol–water partition coefficient (Wildman–Crippen LogP) is 3.04. The van der Waals surface area contributed by atoms with E-state index in [-0.39, 0.29) is 17.8 Å². The van der Waals surface area contributed by atoms with Gasteiger partial charge in [0.1, 0.15) is 5.60 Å². The van der Waals surface area contributed by atoms with E-state index in [1.807, 2.05) is 58.0 Å². The van der Waals surface area contributed by atoms with Gasteiger partial charge in [0.05, 0.1) is 5.92 Å². The first-order valence-corrected chi connectivity index (χ1v) is 7.58. The number of amides is 1. The second-order valence-electron chi connectivity index (χ2n) is 6.60. The van der Waals surface area contributed by atoms with Gasteiger partial charge in [-0.1, -0.05) is 24.3 Å². The van der Waals surface area contributed by atoms with Crippen molar-refractivity contribution in [1.82, 2.24) is 5.32 Å². The maximum absolute atomic E-state index is 12.1. The standard InChI is InChI=1S/C18H23NO3/c1-12(17(21)22-18(2,3)4)14-7-5-13(6-8-14)11-15-9-10-19-16(15)20/h5-8,11-12H,9-10H2,1-4H3,(H,19,20)/b15-11+. The summed E-state index contributed by atoms with van der Waals surface area (Å²) >= 11 is 0. The van der Waals surface area contributed by atoms with Gasteiger partial charge in [-0.25, -0.2) is 0 Å². The molecule has 1 N–H and O–H groups in total. The number of ether oxygens (including phenoxy) is 1. The van der Waals surface area contributed by atoms with E-state index in [2.05, 4.69) is 5.32 Å². The summed E-state index contributed by atoms with van der Waals surface area (Å²) in [5, 5.41) is 2.79. The van der Waals surface area contributed by atoms with E-state index in [9.17, 15) is 9.59 Å². The van der Waals surface area contributed by atoms with Crippen LogP contribution in [0.1, 0.15) is 51.2 Å². The molecule has 1 unspecified atom stereocenters. The first-order chi connectivity index (χ1) is 10.3. The maximum Gasteiger partial charge on any atom is 0.313 e. The summed E-state index contributed by atoms with van der Waals surface area (Å²) in [5.41, 5.74) is 2.19. The molecular weight excluding hydrogens is 278 g/mol. The molecule has 2 rings (SSSR count). The summed E-state index contributed by atoms with van der Waals surface area (Å²) in [5.74, 6) is -0.532. The number of hydrogen-bond acceptors (Lipinski definition) is 3. The lowest BCUT2D eigenvalue weighted by molar-refractivity contribution is -0.156. The Morgan fingerprint density at radius 3 is 2.41 bits per heavy atom. The smallest absolute Gasteiger partial charge is 0.313 e. The molecule has 1 atom stereocenters. The topological polar surface area (TPSA) is 55.4 Å². The number of hydrogen-bond donors (Lipinski definition) is 1. The molecule has 0 saturated carbocycles. The Morgan fingerprint density at radius 2 is 1.91 bits per heavy atom. The molecule has 1 fully saturated rings. The molecule has 0 aromatic heterocycles. The quantitative estimate of drug-likeness (QED) is 0.689. The third kappa shape index (κ3) is 4.20. The molecule has 4 nitrogen and oxygen atoms in total. The lowest BCUT2D eigenvalue weighted by Crippen LogP contribution is -2.26. The van der Waals surface area contributed by atoms with Gasteiger partial charge >= 0.3 is 5.97 Å². The molecule has 22 heavy (non-hydrogen) atoms. The summed E-state index contributed by atoms with van der Waals surface area (Å²) in [4.78, 5) is 23.6. The minimum absolute atomic E-state index is 0.00574. The highest BCUT2D eigenvalue weighted by Gasteiger charge is 2.23. The number of carbonyl (C=O) groups excluding carboxylic acids is 2. The zero-order valence-corrected chi connectivity index (χ0v) is 13.6. The summed E-state index contributed by atoms with van der Waals surface area (Å²) in [6, 6.07) is 7.67. The largest absolute Gasteiger partial charge is 0.460 e. The molecule has 118 valence electrons. The Labute approximate surface area is 131 Å². The molecular formula is C18H23NO3. The van der Waals surface area contributed by atoms with Gasteiger partial charge in [0.15, 0.2) is 0 Å². The van der Waals surface area contributed by atoms with Gasteiger partial charge in [0.2, 0.25) is 5.91 Å². The van der Waals surface area contributed by atoms with E-state index in [4.69, 9.17) is 4.74 Å². The minimum atomic E-state index is -0.481. The van der Waals surface area contributed by atoms with Gasteiger partial charge in [-0.15, -0.1) is 0 Å². The summed E-state index contributed by atoms with van der Waals surface area (Å²) in [6.45, 7) is 8.13. The Kier molecular flexibility index (Phi) is 4.69. The third-order valence-electron chi connectivity index (χ3n) is 3.51. The monoisotopic (exact) mass is 301 g/mol. The van der Waals surface area contributed by atoms with E-state index in [0.29, 0.717) is 6.54 Å². The molecule has 1 saturated heterocycles. The third-order valence-corrected chi connectivity index (χ3v) is 3.51. The molecule has 1 aliphatic rings. The molecule has 1 amide bonds. The van der Waals surface area contributed by atoms with Crippen LogP contribution in [0.2, 0.25) is 0 Å². The van der Waals surface area contributed by atoms with Crippen molar-refractivity contribution in [2.45, 2.75) is 45.6 Å². The van der Waals surface area contributed by atoms with Crippen molar-refractivity contribution >= 4 is 18.0 Å². The van der Waals surface area contributed by atoms with Crippen molar-refractivity contribution in [2.24, 2.45) is 0 Å². The van der Waals surface area contributed by atoms with Gasteiger partial charge in [0, 0.05) is 12.1 Å². The van der Waals surface area contributed by atoms with E-state index < -0.39 is 5.60 Å². The van der Waals surface area contributed by atoms with Gasteiger partial charge in [-0.2, -0.15) is 0 Å². The average Bonchev–Trinajstić information content (AvgIpc) is 2.82. The van der Waals surface area contributed by atoms with Crippen molar-refractivity contribution in [3.63, 3.8) is 0 Å². The SMILES string of the molecule is CC(C(=O)OC(C)(C)C)c1ccc(/C=C2\CCNC2=O)cc1. The fourth-order valence-corrected chi connectivity index (χ4v) is 2.28. The first-order valence-electron chi connectivity index (χ1n) is 7.58. The van der Waals surface area contributed by atoms with Gasteiger partial charge in [-0.05, 0) is 51.3 Å². The fourth-order valence-electron chi connectivity index (χ4n) is 2.28. The molecule has 0 bridgehead atoms. The van der Waals surface area contributed by atoms with Crippen LogP contribution < -0.4 is 5.32 Å². The van der Waals surface area contributed by atoms with Crippen LogP contribution in [0, 0.1) is 0 Å². The summed E-state index contributed by atoms with van der Waals surface area (Å²) in [7, 11) is 0. The predicted molar refractivity (Wildman–Crippen MR) is 86.3 cm³/mol. The second-order valence-corrected chi connectivity index (χ2v) is 6.60. The van der Waals surface area contributed by atoms with E-state index in [1.54, 1.807) is 0 Å². The Morgan fingerprint density at radius 1 is 1.27 bits per heavy atom. The Hall–Kier alpha value is -2.10. The highest BCUT2D eigenvalue weighted by molar-refractivity contribution is 5.99. The summed E-state index contributed by atoms with van der Waals surface area (Å²) < 4.78 is 5.40. The Balaban J connectivity index is 2.08. The second kappa shape index (κ2) is 6.34. The normalized spacial score (nSPS) is 18.2. The number of esters is 1. The van der Waals surface area contributed by atoms with Crippen molar-refractivity contribution in [1.29, 1.82) is 0 Å². The van der Waals surface area contributed by atoms with Crippen LogP contribution in [-0.2, 0) is 14.3 Å². The van der Waals surface area contributed by atoms with Crippen LogP contribution in [0.4, 0.5) is 0 Å². The summed E-state index contributed by atoms with van der Waals surface area (Å²) in [6.07, 6.45) is 2.65. The molecule has 1 aliphatic heterocycles. The molecule has 0 radical (unpaired) electrons. The molecule has 4 heteroatoms. The zero-order valence-electron chi connectivity index (χ0n) is 13.6. The average molecular weight is 301 g/mol. The number of nitrogens with one attached hydrogen (secondary N) is 1. The van der Waals surface area contributed by atoms with Crippen molar-refractivity contribution < 1.29 is 14.3 Å². The van der Waals surface area contributed by atoms with Crippen molar-refractivity contribution in [2.75, 3.05) is 6.54 Å². The maximum atomic E-state index is 12.1. The van der Waals surface area contributed by atoms with Crippen LogP contribution in [0.15, 0.2) is 29.8 Å². The lowest BCUT2D eigenvalue weighted by atomic mass is 9.99. The van der Waals surface area contributed by atoms with E-state index >= 15 is 0 Å². The van der Waals surface area contributed by atoms with Gasteiger partial charge in [0.25, 0.3) is 0 Å². The number of benzene rings is 1. The van der Waals surface area contributed by atoms with Crippen LogP contribution in [0.3, 0.4) is 0 Å². The van der Waals surface area contributed by atoms with E-state index in [0.717, 1.165) is 23.1 Å². The molecule has 0 aliphatic carbocycles. The first kappa shape index (κ1) is 16.3. The molecule has 1 aromatic rings. The Bertz CT molecular complexity index is 594. The van der Waals surface area contributed by atoms with Crippen LogP contribution in [-0.4, -0.2) is 24.0 Å². The molecule has 1 heterocycles. The van der Waals surface area contributed by atoms with Crippen molar-refractivity contribution in [3.8, 4) is 0 Å². The van der Waals surface area contributed by atoms with E-state index in [1.165, 1.54) is 0 Å². The highest BCUT2D eigenvalue weighted by Crippen LogP contribution is 2.22. The van der Waals surface area contributed by atoms with Gasteiger partial charge in [-0.3, -0.25) is 9.59 Å². The van der Waals surface area contributed by atoms with Crippen LogP contribution >= 0.6 is 0 Å². The molecule has 1 aromatic carbocycles. The zero-order chi connectivity index (χ0) is 16.3. The van der Waals surface area contributed by atoms with Crippen molar-refractivity contribution in [3.05, 3.63) is 41.0 Å². The molecule has 0 spiro atoms. The lowest BCUT2D eigenvalue weighted by Gasteiger charge is -2.22.